The second-order valence-electron chi connectivity index (χ2n) is 3.20. The molecule has 1 N–H and O–H groups in total. The molecule has 0 aliphatic carbocycles. The number of carboxylic acids is 1. The van der Waals surface area contributed by atoms with Crippen molar-refractivity contribution in [2.75, 3.05) is 11.4 Å². The molecule has 0 bridgehead atoms. The minimum Gasteiger partial charge on any atom is -0.478 e. The van der Waals surface area contributed by atoms with E-state index in [0.29, 0.717) is 5.95 Å². The fourth-order valence-corrected chi connectivity index (χ4v) is 1.44. The van der Waals surface area contributed by atoms with Gasteiger partial charge in [0.2, 0.25) is 11.9 Å². The lowest BCUT2D eigenvalue weighted by Gasteiger charge is -2.24. The van der Waals surface area contributed by atoms with Gasteiger partial charge >= 0.3 is 5.97 Å². The smallest absolute Gasteiger partial charge is 0.334 e. The first-order valence-electron chi connectivity index (χ1n) is 4.34. The first kappa shape index (κ1) is 9.45. The minimum absolute atomic E-state index is 0.0572. The van der Waals surface area contributed by atoms with Gasteiger partial charge < -0.3 is 5.11 Å². The normalized spacial score (nSPS) is 14.5. The van der Waals surface area contributed by atoms with E-state index in [1.807, 2.05) is 0 Å². The summed E-state index contributed by atoms with van der Waals surface area (Å²) in [5, 5.41) is 8.86. The maximum Gasteiger partial charge on any atom is 0.334 e. The van der Waals surface area contributed by atoms with E-state index in [0.717, 1.165) is 0 Å². The van der Waals surface area contributed by atoms with E-state index in [1.54, 1.807) is 6.20 Å². The van der Waals surface area contributed by atoms with E-state index in [-0.39, 0.29) is 18.0 Å². The lowest BCUT2D eigenvalue weighted by molar-refractivity contribution is -0.132. The first-order valence-corrected chi connectivity index (χ1v) is 4.34. The summed E-state index contributed by atoms with van der Waals surface area (Å²) in [6.45, 7) is 1.44. The molecule has 0 spiro atoms. The van der Waals surface area contributed by atoms with E-state index >= 15 is 0 Å². The predicted molar refractivity (Wildman–Crippen MR) is 52.2 cm³/mol. The van der Waals surface area contributed by atoms with Crippen molar-refractivity contribution in [1.82, 2.24) is 9.55 Å². The van der Waals surface area contributed by atoms with Gasteiger partial charge in [-0.25, -0.2) is 9.78 Å². The zero-order valence-electron chi connectivity index (χ0n) is 8.04. The zero-order valence-corrected chi connectivity index (χ0v) is 8.04. The number of carbonyl (C=O) groups excluding carboxylic acids is 1. The largest absolute Gasteiger partial charge is 0.478 e. The monoisotopic (exact) mass is 207 g/mol. The molecule has 1 aliphatic rings. The average Bonchev–Trinajstić information content (AvgIpc) is 2.62. The Labute approximate surface area is 85.4 Å². The summed E-state index contributed by atoms with van der Waals surface area (Å²) in [5.41, 5.74) is 0.163. The number of amides is 1. The molecule has 1 aromatic rings. The van der Waals surface area contributed by atoms with Crippen LogP contribution in [0.2, 0.25) is 0 Å². The standard InChI is InChI=1S/C9H9N3O3/c1-6(13)12-5-7(8(14)15)4-11-3-2-10-9(11)12/h2-4H,5H2,1H3,(H,14,15). The maximum atomic E-state index is 11.3. The third kappa shape index (κ3) is 1.50. The Hall–Kier alpha value is -2.11. The predicted octanol–water partition coefficient (Wildman–Crippen LogP) is 0.175. The summed E-state index contributed by atoms with van der Waals surface area (Å²) >= 11 is 0. The van der Waals surface area contributed by atoms with Gasteiger partial charge in [0.25, 0.3) is 0 Å². The van der Waals surface area contributed by atoms with Gasteiger partial charge in [-0.1, -0.05) is 0 Å². The molecule has 6 nitrogen and oxygen atoms in total. The van der Waals surface area contributed by atoms with Crippen LogP contribution in [-0.2, 0) is 9.59 Å². The number of nitrogens with zero attached hydrogens (tertiary/aromatic N) is 3. The van der Waals surface area contributed by atoms with Crippen LogP contribution in [0.4, 0.5) is 5.95 Å². The van der Waals surface area contributed by atoms with Gasteiger partial charge in [0.05, 0.1) is 12.1 Å². The molecule has 6 heteroatoms. The minimum atomic E-state index is -1.03. The highest BCUT2D eigenvalue weighted by molar-refractivity contribution is 5.98. The number of rotatable bonds is 1. The fraction of sp³-hybridized carbons (Fsp3) is 0.222. The molecule has 2 rings (SSSR count). The number of fused-ring (bicyclic) bond motifs is 1. The number of anilines is 1. The van der Waals surface area contributed by atoms with Gasteiger partial charge in [-0.2, -0.15) is 0 Å². The first-order chi connectivity index (χ1) is 7.09. The van der Waals surface area contributed by atoms with E-state index in [2.05, 4.69) is 4.98 Å². The molecular weight excluding hydrogens is 198 g/mol. The van der Waals surface area contributed by atoms with E-state index in [4.69, 9.17) is 5.11 Å². The molecule has 0 radical (unpaired) electrons. The number of imidazole rings is 1. The molecule has 0 unspecified atom stereocenters. The maximum absolute atomic E-state index is 11.3. The van der Waals surface area contributed by atoms with Crippen molar-refractivity contribution in [2.24, 2.45) is 0 Å². The molecule has 1 aliphatic heterocycles. The molecule has 0 saturated carbocycles. The molecule has 15 heavy (non-hydrogen) atoms. The average molecular weight is 207 g/mol. The Kier molecular flexibility index (Phi) is 2.03. The Balaban J connectivity index is 2.48. The highest BCUT2D eigenvalue weighted by Crippen LogP contribution is 2.20. The highest BCUT2D eigenvalue weighted by Gasteiger charge is 2.25. The number of aliphatic carboxylic acids is 1. The van der Waals surface area contributed by atoms with E-state index < -0.39 is 5.97 Å². The lowest BCUT2D eigenvalue weighted by Crippen LogP contribution is -2.36. The topological polar surface area (TPSA) is 75.4 Å². The number of hydrogen-bond donors (Lipinski definition) is 1. The van der Waals surface area contributed by atoms with Crippen LogP contribution in [0.1, 0.15) is 6.92 Å². The zero-order chi connectivity index (χ0) is 11.0. The van der Waals surface area contributed by atoms with Crippen molar-refractivity contribution in [2.45, 2.75) is 6.92 Å². The van der Waals surface area contributed by atoms with Gasteiger partial charge in [0.15, 0.2) is 0 Å². The molecule has 0 atom stereocenters. The Morgan fingerprint density at radius 3 is 2.87 bits per heavy atom. The van der Waals surface area contributed by atoms with Crippen LogP contribution in [0.3, 0.4) is 0 Å². The van der Waals surface area contributed by atoms with E-state index in [1.165, 1.54) is 28.8 Å². The van der Waals surface area contributed by atoms with Crippen LogP contribution in [-0.4, -0.2) is 33.1 Å². The van der Waals surface area contributed by atoms with Crippen LogP contribution in [0.15, 0.2) is 18.0 Å². The van der Waals surface area contributed by atoms with Gasteiger partial charge in [-0.05, 0) is 0 Å². The van der Waals surface area contributed by atoms with Gasteiger partial charge in [-0.3, -0.25) is 14.3 Å². The summed E-state index contributed by atoms with van der Waals surface area (Å²) in [4.78, 5) is 27.4. The number of aromatic nitrogens is 2. The summed E-state index contributed by atoms with van der Waals surface area (Å²) < 4.78 is 1.52. The molecular formula is C9H9N3O3. The summed E-state index contributed by atoms with van der Waals surface area (Å²) in [5.74, 6) is -0.803. The van der Waals surface area contributed by atoms with Crippen LogP contribution >= 0.6 is 0 Å². The van der Waals surface area contributed by atoms with Crippen molar-refractivity contribution in [3.63, 3.8) is 0 Å². The van der Waals surface area contributed by atoms with E-state index in [9.17, 15) is 9.59 Å². The fourth-order valence-electron chi connectivity index (χ4n) is 1.44. The van der Waals surface area contributed by atoms with Crippen molar-refractivity contribution in [1.29, 1.82) is 0 Å². The second-order valence-corrected chi connectivity index (χ2v) is 3.20. The quantitative estimate of drug-likeness (QED) is 0.712. The molecule has 1 amide bonds. The second kappa shape index (κ2) is 3.23. The number of carboxylic acid groups (broad SMARTS) is 1. The lowest BCUT2D eigenvalue weighted by atomic mass is 10.2. The van der Waals surface area contributed by atoms with Crippen molar-refractivity contribution >= 4 is 24.0 Å². The summed E-state index contributed by atoms with van der Waals surface area (Å²) in [6.07, 6.45) is 4.59. The molecule has 0 saturated heterocycles. The Bertz CT molecular complexity index is 461. The van der Waals surface area contributed by atoms with Gasteiger partial charge in [-0.15, -0.1) is 0 Å². The number of hydrogen-bond acceptors (Lipinski definition) is 3. The van der Waals surface area contributed by atoms with Crippen LogP contribution in [0.25, 0.3) is 6.20 Å². The highest BCUT2D eigenvalue weighted by atomic mass is 16.4. The molecule has 78 valence electrons. The third-order valence-corrected chi connectivity index (χ3v) is 2.17. The summed E-state index contributed by atoms with van der Waals surface area (Å²) in [7, 11) is 0. The van der Waals surface area contributed by atoms with Crippen LogP contribution in [0.5, 0.6) is 0 Å². The number of carbonyl (C=O) groups is 2. The third-order valence-electron chi connectivity index (χ3n) is 2.17. The van der Waals surface area contributed by atoms with Crippen LogP contribution in [0, 0.1) is 0 Å². The van der Waals surface area contributed by atoms with Gasteiger partial charge in [0, 0.05) is 25.5 Å². The van der Waals surface area contributed by atoms with Crippen LogP contribution < -0.4 is 4.90 Å². The molecule has 2 heterocycles. The Morgan fingerprint density at radius 2 is 2.27 bits per heavy atom. The van der Waals surface area contributed by atoms with Crippen molar-refractivity contribution in [3.05, 3.63) is 18.0 Å². The molecule has 0 fully saturated rings. The van der Waals surface area contributed by atoms with Crippen molar-refractivity contribution in [3.8, 4) is 0 Å². The summed E-state index contributed by atoms with van der Waals surface area (Å²) in [6, 6.07) is 0. The molecule has 1 aromatic heterocycles. The van der Waals surface area contributed by atoms with Crippen molar-refractivity contribution < 1.29 is 14.7 Å². The molecule has 0 aromatic carbocycles. The van der Waals surface area contributed by atoms with Gasteiger partial charge in [0.1, 0.15) is 0 Å². The SMILES string of the molecule is CC(=O)N1CC(C(=O)O)=Cn2ccnc21. The Morgan fingerprint density at radius 1 is 1.53 bits per heavy atom.